The van der Waals surface area contributed by atoms with Gasteiger partial charge < -0.3 is 29.6 Å². The molecule has 1 saturated heterocycles. The van der Waals surface area contributed by atoms with Crippen molar-refractivity contribution in [3.05, 3.63) is 71.8 Å². The molecule has 1 aliphatic rings. The lowest BCUT2D eigenvalue weighted by Crippen LogP contribution is -2.36. The quantitative estimate of drug-likeness (QED) is 0.276. The van der Waals surface area contributed by atoms with Gasteiger partial charge in [-0.2, -0.15) is 0 Å². The van der Waals surface area contributed by atoms with Crippen LogP contribution in [0.2, 0.25) is 0 Å². The molecule has 0 radical (unpaired) electrons. The second kappa shape index (κ2) is 11.1. The molecule has 0 spiro atoms. The normalized spacial score (nSPS) is 15.6. The number of fused-ring (bicyclic) bond motifs is 1. The van der Waals surface area contributed by atoms with Crippen LogP contribution in [0.15, 0.2) is 54.7 Å². The molecule has 9 nitrogen and oxygen atoms in total. The monoisotopic (exact) mass is 534 g/mol. The number of hydrogen-bond acceptors (Lipinski definition) is 8. The van der Waals surface area contributed by atoms with Crippen molar-refractivity contribution in [1.82, 2.24) is 14.5 Å². The van der Waals surface area contributed by atoms with Gasteiger partial charge in [-0.3, -0.25) is 9.78 Å². The number of carbonyl (C=O) groups is 1. The maximum absolute atomic E-state index is 14.4. The predicted molar refractivity (Wildman–Crippen MR) is 144 cm³/mol. The second-order valence-corrected chi connectivity index (χ2v) is 10.1. The maximum Gasteiger partial charge on any atom is 0.208 e. The van der Waals surface area contributed by atoms with Crippen LogP contribution in [0, 0.1) is 11.2 Å². The number of nitrogens with zero attached hydrogens (tertiary/aromatic N) is 3. The number of rotatable bonds is 10. The van der Waals surface area contributed by atoms with Gasteiger partial charge in [0.15, 0.2) is 0 Å². The Morgan fingerprint density at radius 3 is 2.72 bits per heavy atom. The number of hydrogen-bond donors (Lipinski definition) is 3. The lowest BCUT2D eigenvalue weighted by Gasteiger charge is -2.22. The molecule has 1 unspecified atom stereocenters. The lowest BCUT2D eigenvalue weighted by atomic mass is 9.85. The topological polar surface area (TPSA) is 119 Å². The van der Waals surface area contributed by atoms with E-state index in [4.69, 9.17) is 14.5 Å². The smallest absolute Gasteiger partial charge is 0.208 e. The zero-order valence-corrected chi connectivity index (χ0v) is 21.9. The van der Waals surface area contributed by atoms with Gasteiger partial charge in [-0.15, -0.1) is 0 Å². The lowest BCUT2D eigenvalue weighted by molar-refractivity contribution is -0.131. The van der Waals surface area contributed by atoms with E-state index in [9.17, 15) is 19.4 Å². The molecular formula is C29H31FN4O5. The molecule has 0 bridgehead atoms. The number of anilines is 2. The Bertz CT molecular complexity index is 1490. The number of Topliss-reactive ketones (excluding diaryl/α,β-unsaturated/α-hetero) is 1. The molecule has 0 amide bonds. The minimum absolute atomic E-state index is 0.0397. The van der Waals surface area contributed by atoms with E-state index < -0.39 is 18.6 Å². The van der Waals surface area contributed by atoms with Gasteiger partial charge in [0.1, 0.15) is 23.1 Å². The fourth-order valence-electron chi connectivity index (χ4n) is 4.55. The van der Waals surface area contributed by atoms with Gasteiger partial charge >= 0.3 is 0 Å². The highest BCUT2D eigenvalue weighted by atomic mass is 19.1. The summed E-state index contributed by atoms with van der Waals surface area (Å²) < 4.78 is 27.8. The van der Waals surface area contributed by atoms with Crippen LogP contribution in [-0.2, 0) is 23.0 Å². The molecule has 1 aliphatic heterocycles. The number of aliphatic hydroxyl groups is 2. The third-order valence-corrected chi connectivity index (χ3v) is 7.21. The van der Waals surface area contributed by atoms with Crippen LogP contribution in [-0.4, -0.2) is 57.0 Å². The van der Waals surface area contributed by atoms with Crippen LogP contribution >= 0.6 is 0 Å². The summed E-state index contributed by atoms with van der Waals surface area (Å²) in [5, 5.41) is 22.3. The number of halogens is 1. The zero-order chi connectivity index (χ0) is 27.6. The van der Waals surface area contributed by atoms with Crippen molar-refractivity contribution in [1.29, 1.82) is 0 Å². The van der Waals surface area contributed by atoms with Crippen LogP contribution in [0.25, 0.3) is 11.0 Å². The van der Waals surface area contributed by atoms with E-state index in [-0.39, 0.29) is 23.9 Å². The van der Waals surface area contributed by atoms with Gasteiger partial charge in [-0.1, -0.05) is 0 Å². The summed E-state index contributed by atoms with van der Waals surface area (Å²) in [4.78, 5) is 21.5. The number of aliphatic hydroxyl groups excluding tert-OH is 2. The third-order valence-electron chi connectivity index (χ3n) is 7.21. The maximum atomic E-state index is 14.4. The molecule has 0 aliphatic carbocycles. The Morgan fingerprint density at radius 2 is 1.97 bits per heavy atom. The molecule has 1 fully saturated rings. The molecule has 5 rings (SSSR count). The van der Waals surface area contributed by atoms with Crippen molar-refractivity contribution in [2.45, 2.75) is 25.7 Å². The summed E-state index contributed by atoms with van der Waals surface area (Å²) in [5.74, 6) is 1.15. The van der Waals surface area contributed by atoms with Gasteiger partial charge in [0, 0.05) is 50.0 Å². The number of nitrogens with one attached hydrogen (secondary N) is 1. The average molecular weight is 535 g/mol. The number of ketones is 1. The zero-order valence-electron chi connectivity index (χ0n) is 21.9. The number of benzene rings is 2. The van der Waals surface area contributed by atoms with Gasteiger partial charge in [0.25, 0.3) is 0 Å². The largest absolute Gasteiger partial charge is 0.457 e. The van der Waals surface area contributed by atoms with Crippen molar-refractivity contribution in [2.75, 3.05) is 31.7 Å². The van der Waals surface area contributed by atoms with Crippen LogP contribution < -0.4 is 10.1 Å². The molecular weight excluding hydrogens is 503 g/mol. The summed E-state index contributed by atoms with van der Waals surface area (Å²) in [7, 11) is 1.89. The molecule has 204 valence electrons. The number of aryl methyl sites for hydroxylation is 1. The first-order valence-corrected chi connectivity index (χ1v) is 12.8. The highest BCUT2D eigenvalue weighted by Gasteiger charge is 2.31. The number of ether oxygens (including phenoxy) is 2. The Hall–Kier alpha value is -3.86. The van der Waals surface area contributed by atoms with Crippen LogP contribution in [0.4, 0.5) is 16.0 Å². The van der Waals surface area contributed by atoms with Crippen LogP contribution in [0.1, 0.15) is 30.5 Å². The summed E-state index contributed by atoms with van der Waals surface area (Å²) in [6, 6.07) is 13.8. The number of carbonyl (C=O) groups excluding carboxylic acids is 1. The third kappa shape index (κ3) is 5.63. The van der Waals surface area contributed by atoms with E-state index in [1.165, 1.54) is 13.0 Å². The Morgan fingerprint density at radius 1 is 1.18 bits per heavy atom. The van der Waals surface area contributed by atoms with Crippen LogP contribution in [0.5, 0.6) is 11.5 Å². The predicted octanol–water partition coefficient (Wildman–Crippen LogP) is 4.25. The van der Waals surface area contributed by atoms with E-state index in [0.29, 0.717) is 47.4 Å². The van der Waals surface area contributed by atoms with Gasteiger partial charge in [0.05, 0.1) is 42.0 Å². The molecule has 2 aromatic carbocycles. The van der Waals surface area contributed by atoms with E-state index in [2.05, 4.69) is 10.3 Å². The highest BCUT2D eigenvalue weighted by Crippen LogP contribution is 2.32. The minimum Gasteiger partial charge on any atom is -0.457 e. The Kier molecular flexibility index (Phi) is 7.60. The van der Waals surface area contributed by atoms with E-state index in [0.717, 1.165) is 17.6 Å². The summed E-state index contributed by atoms with van der Waals surface area (Å²) in [6.45, 7) is 1.78. The molecule has 3 N–H and O–H groups in total. The molecule has 2 aromatic heterocycles. The van der Waals surface area contributed by atoms with Crippen molar-refractivity contribution < 1.29 is 28.9 Å². The van der Waals surface area contributed by atoms with Gasteiger partial charge in [0.2, 0.25) is 5.95 Å². The van der Waals surface area contributed by atoms with Gasteiger partial charge in [-0.25, -0.2) is 9.37 Å². The molecule has 3 heterocycles. The fourth-order valence-corrected chi connectivity index (χ4v) is 4.55. The summed E-state index contributed by atoms with van der Waals surface area (Å²) >= 11 is 0. The van der Waals surface area contributed by atoms with Crippen molar-refractivity contribution in [3.8, 4) is 11.5 Å². The first kappa shape index (κ1) is 26.7. The average Bonchev–Trinajstić information content (AvgIpc) is 3.58. The Balaban J connectivity index is 1.33. The van der Waals surface area contributed by atoms with E-state index in [1.807, 2.05) is 35.9 Å². The molecule has 10 heteroatoms. The van der Waals surface area contributed by atoms with Crippen molar-refractivity contribution >= 4 is 28.5 Å². The summed E-state index contributed by atoms with van der Waals surface area (Å²) in [5.41, 5.74) is 2.21. The van der Waals surface area contributed by atoms with Gasteiger partial charge in [-0.05, 0) is 55.3 Å². The molecule has 4 aromatic rings. The standard InChI is InChI=1S/C29H31FN4O5/c1-29(16-35,17-36)27(37)13-20-11-22(7-9-31-20)39-21-4-6-26-25(14-21)33-28(34(26)2)32-19-3-5-24(30)23(12-19)18-8-10-38-15-18/h3-7,9,11-12,14,18,35-36H,8,10,13,15-17H2,1-2H3,(H,32,33). The number of imidazole rings is 1. The number of aromatic nitrogens is 3. The minimum atomic E-state index is -1.23. The first-order chi connectivity index (χ1) is 18.8. The fraction of sp³-hybridized carbons (Fsp3) is 0.345. The van der Waals surface area contributed by atoms with Crippen LogP contribution in [0.3, 0.4) is 0 Å². The summed E-state index contributed by atoms with van der Waals surface area (Å²) in [6.07, 6.45) is 2.31. The van der Waals surface area contributed by atoms with E-state index >= 15 is 0 Å². The SMILES string of the molecule is Cn1c(Nc2ccc(F)c(C3CCOC3)c2)nc2cc(Oc3ccnc(CC(=O)C(C)(CO)CO)c3)ccc21. The Labute approximate surface area is 225 Å². The highest BCUT2D eigenvalue weighted by molar-refractivity contribution is 5.86. The number of pyridine rings is 1. The van der Waals surface area contributed by atoms with E-state index in [1.54, 1.807) is 24.4 Å². The molecule has 39 heavy (non-hydrogen) atoms. The van der Waals surface area contributed by atoms with Crippen molar-refractivity contribution in [3.63, 3.8) is 0 Å². The first-order valence-electron chi connectivity index (χ1n) is 12.8. The van der Waals surface area contributed by atoms with Crippen molar-refractivity contribution in [2.24, 2.45) is 12.5 Å². The molecule has 1 atom stereocenters. The second-order valence-electron chi connectivity index (χ2n) is 10.1. The molecule has 0 saturated carbocycles.